The van der Waals surface area contributed by atoms with Gasteiger partial charge in [-0.05, 0) is 0 Å². The van der Waals surface area contributed by atoms with Crippen molar-refractivity contribution in [1.82, 2.24) is 19.5 Å². The number of fused-ring (bicyclic) bond motifs is 1. The summed E-state index contributed by atoms with van der Waals surface area (Å²) < 4.78 is 7.00. The van der Waals surface area contributed by atoms with Crippen molar-refractivity contribution in [3.63, 3.8) is 0 Å². The van der Waals surface area contributed by atoms with Crippen molar-refractivity contribution in [2.45, 2.75) is 24.5 Å². The third-order valence-corrected chi connectivity index (χ3v) is 3.56. The number of rotatable bonds is 5. The molecule has 0 aromatic carbocycles. The highest BCUT2D eigenvalue weighted by molar-refractivity contribution is 5.82. The van der Waals surface area contributed by atoms with E-state index in [-0.39, 0.29) is 6.61 Å². The average molecular weight is 307 g/mol. The Morgan fingerprint density at radius 3 is 2.82 bits per heavy atom. The first-order chi connectivity index (χ1) is 10.7. The van der Waals surface area contributed by atoms with Crippen molar-refractivity contribution in [3.05, 3.63) is 25.3 Å². The van der Waals surface area contributed by atoms with E-state index < -0.39 is 24.5 Å². The molecule has 2 aromatic rings. The van der Waals surface area contributed by atoms with Gasteiger partial charge in [-0.2, -0.15) is 0 Å². The molecule has 1 aliphatic rings. The molecule has 9 nitrogen and oxygen atoms in total. The molecule has 0 bridgehead atoms. The Bertz CT molecular complexity index is 675. The molecule has 4 N–H and O–H groups in total. The molecule has 1 fully saturated rings. The molecule has 2 aromatic heterocycles. The third kappa shape index (κ3) is 2.33. The zero-order valence-corrected chi connectivity index (χ0v) is 11.7. The zero-order chi connectivity index (χ0) is 15.7. The Morgan fingerprint density at radius 1 is 1.32 bits per heavy atom. The number of nitrogens with zero attached hydrogens (tertiary/aromatic N) is 4. The molecule has 9 heteroatoms. The fourth-order valence-electron chi connectivity index (χ4n) is 2.45. The summed E-state index contributed by atoms with van der Waals surface area (Å²) in [5.74, 6) is 0.537. The van der Waals surface area contributed by atoms with Gasteiger partial charge >= 0.3 is 0 Å². The molecule has 3 rings (SSSR count). The van der Waals surface area contributed by atoms with E-state index in [0.29, 0.717) is 23.5 Å². The molecule has 3 heterocycles. The first kappa shape index (κ1) is 14.9. The van der Waals surface area contributed by atoms with Crippen molar-refractivity contribution >= 4 is 17.0 Å². The molecule has 0 amide bonds. The van der Waals surface area contributed by atoms with E-state index in [9.17, 15) is 10.2 Å². The van der Waals surface area contributed by atoms with Gasteiger partial charge in [-0.25, -0.2) is 15.0 Å². The third-order valence-electron chi connectivity index (χ3n) is 3.56. The number of aliphatic hydroxyl groups is 3. The van der Waals surface area contributed by atoms with Crippen molar-refractivity contribution in [3.8, 4) is 0 Å². The number of nitrogens with one attached hydrogen (secondary N) is 1. The monoisotopic (exact) mass is 307 g/mol. The highest BCUT2D eigenvalue weighted by Crippen LogP contribution is 2.31. The fraction of sp³-hybridized carbons (Fsp3) is 0.462. The highest BCUT2D eigenvalue weighted by Gasteiger charge is 2.43. The number of ether oxygens (including phenoxy) is 1. The van der Waals surface area contributed by atoms with Gasteiger partial charge < -0.3 is 25.4 Å². The van der Waals surface area contributed by atoms with Gasteiger partial charge in [0.05, 0.1) is 12.9 Å². The molecular formula is C13H17N5O4. The maximum Gasteiger partial charge on any atom is 0.167 e. The van der Waals surface area contributed by atoms with Crippen LogP contribution in [0.25, 0.3) is 11.2 Å². The van der Waals surface area contributed by atoms with Crippen LogP contribution >= 0.6 is 0 Å². The lowest BCUT2D eigenvalue weighted by molar-refractivity contribution is -0.0511. The van der Waals surface area contributed by atoms with E-state index in [4.69, 9.17) is 9.84 Å². The Kier molecular flexibility index (Phi) is 4.03. The molecule has 0 saturated carbocycles. The highest BCUT2D eigenvalue weighted by atomic mass is 16.6. The predicted molar refractivity (Wildman–Crippen MR) is 77.0 cm³/mol. The number of hydrogen-bond acceptors (Lipinski definition) is 8. The van der Waals surface area contributed by atoms with E-state index in [2.05, 4.69) is 26.8 Å². The second-order valence-electron chi connectivity index (χ2n) is 4.94. The smallest absolute Gasteiger partial charge is 0.167 e. The predicted octanol–water partition coefficient (Wildman–Crippen LogP) is -0.964. The maximum atomic E-state index is 10.1. The summed E-state index contributed by atoms with van der Waals surface area (Å²) in [5.41, 5.74) is 0.971. The van der Waals surface area contributed by atoms with Crippen LogP contribution < -0.4 is 5.32 Å². The van der Waals surface area contributed by atoms with Gasteiger partial charge in [-0.15, -0.1) is 6.58 Å². The maximum absolute atomic E-state index is 10.1. The molecule has 1 saturated heterocycles. The summed E-state index contributed by atoms with van der Waals surface area (Å²) >= 11 is 0. The van der Waals surface area contributed by atoms with Crippen LogP contribution in [-0.4, -0.2) is 66.3 Å². The molecular weight excluding hydrogens is 290 g/mol. The summed E-state index contributed by atoms with van der Waals surface area (Å²) in [4.78, 5) is 12.5. The van der Waals surface area contributed by atoms with Crippen molar-refractivity contribution < 1.29 is 20.1 Å². The van der Waals surface area contributed by atoms with Crippen molar-refractivity contribution in [1.29, 1.82) is 0 Å². The van der Waals surface area contributed by atoms with Crippen LogP contribution in [0, 0.1) is 0 Å². The van der Waals surface area contributed by atoms with Gasteiger partial charge in [0, 0.05) is 6.54 Å². The van der Waals surface area contributed by atoms with Crippen LogP contribution in [0.15, 0.2) is 25.3 Å². The summed E-state index contributed by atoms with van der Waals surface area (Å²) in [6.45, 7) is 3.76. The quantitative estimate of drug-likeness (QED) is 0.520. The Morgan fingerprint density at radius 2 is 2.14 bits per heavy atom. The molecule has 118 valence electrons. The van der Waals surface area contributed by atoms with E-state index in [0.717, 1.165) is 0 Å². The van der Waals surface area contributed by atoms with Gasteiger partial charge in [-0.1, -0.05) is 6.08 Å². The summed E-state index contributed by atoms with van der Waals surface area (Å²) in [5, 5.41) is 32.1. The van der Waals surface area contributed by atoms with Crippen molar-refractivity contribution in [2.24, 2.45) is 0 Å². The van der Waals surface area contributed by atoms with E-state index >= 15 is 0 Å². The van der Waals surface area contributed by atoms with Crippen LogP contribution in [0.2, 0.25) is 0 Å². The number of aromatic nitrogens is 4. The second-order valence-corrected chi connectivity index (χ2v) is 4.94. The number of imidazole rings is 1. The normalized spacial score (nSPS) is 28.1. The van der Waals surface area contributed by atoms with Crippen LogP contribution in [0.4, 0.5) is 5.82 Å². The molecule has 0 unspecified atom stereocenters. The molecule has 0 radical (unpaired) electrons. The summed E-state index contributed by atoms with van der Waals surface area (Å²) in [7, 11) is 0. The minimum Gasteiger partial charge on any atom is -0.394 e. The SMILES string of the molecule is C=CCNc1ncnc2c1ncn2[C@H]1O[C@@H](CO)[C@@H](O)[C@H]1O. The van der Waals surface area contributed by atoms with E-state index in [1.54, 1.807) is 6.08 Å². The first-order valence-electron chi connectivity index (χ1n) is 6.82. The summed E-state index contributed by atoms with van der Waals surface area (Å²) in [6.07, 6.45) is 0.432. The number of aliphatic hydroxyl groups excluding tert-OH is 3. The van der Waals surface area contributed by atoms with Crippen LogP contribution in [-0.2, 0) is 4.74 Å². The Balaban J connectivity index is 1.97. The van der Waals surface area contributed by atoms with Crippen LogP contribution in [0.1, 0.15) is 6.23 Å². The summed E-state index contributed by atoms with van der Waals surface area (Å²) in [6, 6.07) is 0. The molecule has 1 aliphatic heterocycles. The average Bonchev–Trinajstić information content (AvgIpc) is 3.08. The van der Waals surface area contributed by atoms with Gasteiger partial charge in [0.2, 0.25) is 0 Å². The molecule has 0 spiro atoms. The Hall–Kier alpha value is -2.07. The second kappa shape index (κ2) is 5.97. The molecule has 22 heavy (non-hydrogen) atoms. The van der Waals surface area contributed by atoms with E-state index in [1.807, 2.05) is 0 Å². The number of anilines is 1. The van der Waals surface area contributed by atoms with Gasteiger partial charge in [-0.3, -0.25) is 4.57 Å². The standard InChI is InChI=1S/C13H17N5O4/c1-2-3-14-11-8-12(16-5-15-11)18(6-17-8)13-10(21)9(20)7(4-19)22-13/h2,5-7,9-10,13,19-21H,1,3-4H2,(H,14,15,16)/t7-,9+,10+,13-/m0/s1. The lowest BCUT2D eigenvalue weighted by atomic mass is 10.1. The van der Waals surface area contributed by atoms with Crippen LogP contribution in [0.5, 0.6) is 0 Å². The fourth-order valence-corrected chi connectivity index (χ4v) is 2.45. The zero-order valence-electron chi connectivity index (χ0n) is 11.7. The molecule has 4 atom stereocenters. The topological polar surface area (TPSA) is 126 Å². The van der Waals surface area contributed by atoms with E-state index in [1.165, 1.54) is 17.2 Å². The largest absolute Gasteiger partial charge is 0.394 e. The molecule has 0 aliphatic carbocycles. The number of hydrogen-bond donors (Lipinski definition) is 4. The first-order valence-corrected chi connectivity index (χ1v) is 6.82. The lowest BCUT2D eigenvalue weighted by Gasteiger charge is -2.16. The lowest BCUT2D eigenvalue weighted by Crippen LogP contribution is -2.33. The van der Waals surface area contributed by atoms with Crippen molar-refractivity contribution in [2.75, 3.05) is 18.5 Å². The van der Waals surface area contributed by atoms with Gasteiger partial charge in [0.15, 0.2) is 23.2 Å². The Labute approximate surface area is 125 Å². The van der Waals surface area contributed by atoms with Gasteiger partial charge in [0.1, 0.15) is 24.6 Å². The van der Waals surface area contributed by atoms with Crippen LogP contribution in [0.3, 0.4) is 0 Å². The minimum absolute atomic E-state index is 0.386. The minimum atomic E-state index is -1.19. The van der Waals surface area contributed by atoms with Gasteiger partial charge in [0.25, 0.3) is 0 Å².